The molecule has 0 aromatic heterocycles. The second kappa shape index (κ2) is 7.52. The number of amides is 3. The summed E-state index contributed by atoms with van der Waals surface area (Å²) in [5.41, 5.74) is -1.18. The number of carbonyl (C=O) groups excluding carboxylic acids is 2. The predicted molar refractivity (Wildman–Crippen MR) is 70.7 cm³/mol. The molecule has 0 unspecified atom stereocenters. The number of likely N-dealkylation sites (N-methyl/N-ethyl adjacent to an activating group) is 1. The summed E-state index contributed by atoms with van der Waals surface area (Å²) >= 11 is 0. The van der Waals surface area contributed by atoms with Crippen molar-refractivity contribution in [2.45, 2.75) is 26.3 Å². The first-order valence-corrected chi connectivity index (χ1v) is 5.92. The van der Waals surface area contributed by atoms with Gasteiger partial charge in [0.25, 0.3) is 0 Å². The van der Waals surface area contributed by atoms with Crippen molar-refractivity contribution in [2.75, 3.05) is 19.6 Å². The average molecular weight is 271 g/mol. The van der Waals surface area contributed by atoms with Crippen molar-refractivity contribution in [3.63, 3.8) is 0 Å². The second-order valence-electron chi connectivity index (χ2n) is 4.43. The number of rotatable bonds is 7. The molecule has 19 heavy (non-hydrogen) atoms. The highest BCUT2D eigenvalue weighted by Gasteiger charge is 2.34. The minimum atomic E-state index is -1.18. The highest BCUT2D eigenvalue weighted by Crippen LogP contribution is 2.13. The van der Waals surface area contributed by atoms with Gasteiger partial charge in [-0.15, -0.1) is 6.58 Å². The summed E-state index contributed by atoms with van der Waals surface area (Å²) in [5.74, 6) is -1.59. The Hall–Kier alpha value is -1.89. The fraction of sp³-hybridized carbons (Fsp3) is 0.583. The topological polar surface area (TPSA) is 98.7 Å². The number of hydrogen-bond donors (Lipinski definition) is 3. The van der Waals surface area contributed by atoms with Gasteiger partial charge in [-0.3, -0.25) is 19.8 Å². The van der Waals surface area contributed by atoms with Gasteiger partial charge in [0.05, 0.1) is 6.54 Å². The zero-order valence-corrected chi connectivity index (χ0v) is 11.5. The Labute approximate surface area is 112 Å². The molecule has 7 nitrogen and oxygen atoms in total. The summed E-state index contributed by atoms with van der Waals surface area (Å²) in [6.45, 7) is 8.63. The van der Waals surface area contributed by atoms with Crippen LogP contribution in [-0.2, 0) is 9.59 Å². The van der Waals surface area contributed by atoms with Crippen LogP contribution < -0.4 is 10.6 Å². The number of carbonyl (C=O) groups is 3. The minimum absolute atomic E-state index is 0.169. The Kier molecular flexibility index (Phi) is 6.78. The van der Waals surface area contributed by atoms with E-state index in [0.717, 1.165) is 0 Å². The normalized spacial score (nSPS) is 10.9. The Morgan fingerprint density at radius 1 is 1.37 bits per heavy atom. The van der Waals surface area contributed by atoms with E-state index in [4.69, 9.17) is 5.11 Å². The van der Waals surface area contributed by atoms with Gasteiger partial charge in [-0.05, 0) is 20.4 Å². The quantitative estimate of drug-likeness (QED) is 0.574. The number of aliphatic carboxylic acids is 1. The molecule has 0 aliphatic carbocycles. The highest BCUT2D eigenvalue weighted by atomic mass is 16.4. The van der Waals surface area contributed by atoms with E-state index < -0.39 is 23.4 Å². The number of nitrogens with zero attached hydrogens (tertiary/aromatic N) is 1. The maximum atomic E-state index is 11.6. The van der Waals surface area contributed by atoms with E-state index in [1.165, 1.54) is 24.8 Å². The van der Waals surface area contributed by atoms with Crippen LogP contribution in [0.2, 0.25) is 0 Å². The first-order chi connectivity index (χ1) is 8.75. The molecular formula is C12H21N3O4. The van der Waals surface area contributed by atoms with E-state index in [-0.39, 0.29) is 13.1 Å². The molecule has 0 aliphatic heterocycles. The van der Waals surface area contributed by atoms with Gasteiger partial charge in [-0.2, -0.15) is 0 Å². The third kappa shape index (κ3) is 5.52. The van der Waals surface area contributed by atoms with Crippen molar-refractivity contribution in [1.29, 1.82) is 0 Å². The molecule has 0 atom stereocenters. The van der Waals surface area contributed by atoms with E-state index in [0.29, 0.717) is 6.54 Å². The molecule has 0 heterocycles. The number of nitrogens with one attached hydrogen (secondary N) is 2. The zero-order valence-electron chi connectivity index (χ0n) is 11.5. The van der Waals surface area contributed by atoms with E-state index in [9.17, 15) is 14.4 Å². The Balaban J connectivity index is 4.48. The summed E-state index contributed by atoms with van der Waals surface area (Å²) in [7, 11) is 0. The molecule has 0 aromatic carbocycles. The maximum absolute atomic E-state index is 11.6. The van der Waals surface area contributed by atoms with Gasteiger partial charge in [0.15, 0.2) is 0 Å². The predicted octanol–water partition coefficient (Wildman–Crippen LogP) is 0.183. The van der Waals surface area contributed by atoms with Crippen molar-refractivity contribution in [3.8, 4) is 0 Å². The number of carboxylic acid groups (broad SMARTS) is 1. The maximum Gasteiger partial charge on any atom is 0.323 e. The van der Waals surface area contributed by atoms with Gasteiger partial charge in [0.2, 0.25) is 5.91 Å². The van der Waals surface area contributed by atoms with Crippen molar-refractivity contribution >= 4 is 17.9 Å². The first kappa shape index (κ1) is 17.1. The molecule has 0 saturated heterocycles. The van der Waals surface area contributed by atoms with Crippen LogP contribution >= 0.6 is 0 Å². The van der Waals surface area contributed by atoms with Crippen molar-refractivity contribution < 1.29 is 19.5 Å². The number of urea groups is 1. The van der Waals surface area contributed by atoms with Crippen molar-refractivity contribution in [1.82, 2.24) is 15.5 Å². The third-order valence-electron chi connectivity index (χ3n) is 2.69. The Morgan fingerprint density at radius 2 is 1.95 bits per heavy atom. The molecule has 7 heteroatoms. The highest BCUT2D eigenvalue weighted by molar-refractivity contribution is 5.95. The minimum Gasteiger partial charge on any atom is -0.480 e. The Morgan fingerprint density at radius 3 is 2.37 bits per heavy atom. The summed E-state index contributed by atoms with van der Waals surface area (Å²) in [4.78, 5) is 35.4. The lowest BCUT2D eigenvalue weighted by Gasteiger charge is -2.33. The van der Waals surface area contributed by atoms with Gasteiger partial charge in [0.1, 0.15) is 5.54 Å². The molecule has 0 fully saturated rings. The van der Waals surface area contributed by atoms with Crippen LogP contribution in [-0.4, -0.2) is 53.1 Å². The molecule has 0 saturated carbocycles. The summed E-state index contributed by atoms with van der Waals surface area (Å²) in [6.07, 6.45) is 1.48. The molecule has 0 aromatic rings. The van der Waals surface area contributed by atoms with Crippen molar-refractivity contribution in [2.24, 2.45) is 0 Å². The third-order valence-corrected chi connectivity index (χ3v) is 2.69. The van der Waals surface area contributed by atoms with Crippen LogP contribution in [0.3, 0.4) is 0 Å². The van der Waals surface area contributed by atoms with E-state index in [2.05, 4.69) is 17.2 Å². The molecule has 0 radical (unpaired) electrons. The van der Waals surface area contributed by atoms with Gasteiger partial charge in [0, 0.05) is 6.54 Å². The molecule has 3 amide bonds. The zero-order chi connectivity index (χ0) is 15.1. The monoisotopic (exact) mass is 271 g/mol. The average Bonchev–Trinajstić information content (AvgIpc) is 2.32. The summed E-state index contributed by atoms with van der Waals surface area (Å²) in [6, 6.07) is -0.630. The lowest BCUT2D eigenvalue weighted by molar-refractivity contribution is -0.149. The molecule has 0 bridgehead atoms. The van der Waals surface area contributed by atoms with Crippen LogP contribution in [0.5, 0.6) is 0 Å². The lowest BCUT2D eigenvalue weighted by Crippen LogP contribution is -2.54. The van der Waals surface area contributed by atoms with Gasteiger partial charge < -0.3 is 10.4 Å². The molecule has 0 aliphatic rings. The van der Waals surface area contributed by atoms with Gasteiger partial charge in [-0.1, -0.05) is 13.0 Å². The lowest BCUT2D eigenvalue weighted by atomic mass is 10.0. The van der Waals surface area contributed by atoms with E-state index >= 15 is 0 Å². The fourth-order valence-electron chi connectivity index (χ4n) is 1.39. The molecule has 0 rings (SSSR count). The number of carboxylic acids is 1. The molecular weight excluding hydrogens is 250 g/mol. The number of imide groups is 1. The summed E-state index contributed by atoms with van der Waals surface area (Å²) < 4.78 is 0. The first-order valence-electron chi connectivity index (χ1n) is 5.92. The van der Waals surface area contributed by atoms with Gasteiger partial charge in [-0.25, -0.2) is 4.79 Å². The molecule has 0 spiro atoms. The number of hydrogen-bond acceptors (Lipinski definition) is 4. The summed E-state index contributed by atoms with van der Waals surface area (Å²) in [5, 5.41) is 13.6. The molecule has 108 valence electrons. The van der Waals surface area contributed by atoms with Crippen LogP contribution in [0.4, 0.5) is 4.79 Å². The Bertz CT molecular complexity index is 366. The molecule has 3 N–H and O–H groups in total. The van der Waals surface area contributed by atoms with E-state index in [1.54, 1.807) is 6.92 Å². The smallest absolute Gasteiger partial charge is 0.323 e. The van der Waals surface area contributed by atoms with E-state index in [1.807, 2.05) is 0 Å². The standard InChI is InChI=1S/C12H21N3O4/c1-5-7-13-11(19)14-9(16)8-15(6-2)12(3,4)10(17)18/h5H,1,6-8H2,2-4H3,(H,17,18)(H2,13,14,16,19). The fourth-order valence-corrected chi connectivity index (χ4v) is 1.39. The van der Waals surface area contributed by atoms with Crippen LogP contribution in [0, 0.1) is 0 Å². The van der Waals surface area contributed by atoms with Gasteiger partial charge >= 0.3 is 12.0 Å². The van der Waals surface area contributed by atoms with Crippen LogP contribution in [0.15, 0.2) is 12.7 Å². The van der Waals surface area contributed by atoms with Crippen LogP contribution in [0.25, 0.3) is 0 Å². The van der Waals surface area contributed by atoms with Crippen LogP contribution in [0.1, 0.15) is 20.8 Å². The second-order valence-corrected chi connectivity index (χ2v) is 4.43. The SMILES string of the molecule is C=CCNC(=O)NC(=O)CN(CC)C(C)(C)C(=O)O. The van der Waals surface area contributed by atoms with Crippen molar-refractivity contribution in [3.05, 3.63) is 12.7 Å². The largest absolute Gasteiger partial charge is 0.480 e.